The number of esters is 1. The van der Waals surface area contributed by atoms with E-state index in [-0.39, 0.29) is 12.6 Å². The molecule has 20 heavy (non-hydrogen) atoms. The van der Waals surface area contributed by atoms with E-state index in [0.717, 1.165) is 39.0 Å². The van der Waals surface area contributed by atoms with Gasteiger partial charge in [-0.15, -0.1) is 0 Å². The lowest BCUT2D eigenvalue weighted by molar-refractivity contribution is -0.142. The Morgan fingerprint density at radius 3 is 2.80 bits per heavy atom. The molecular weight excluding hydrogens is 256 g/mol. The zero-order valence-corrected chi connectivity index (χ0v) is 13.1. The number of aliphatic hydroxyl groups excluding tert-OH is 1. The number of nitrogens with one attached hydrogen (secondary N) is 1. The molecule has 0 aromatic carbocycles. The van der Waals surface area contributed by atoms with Crippen LogP contribution in [0.4, 0.5) is 0 Å². The first kappa shape index (κ1) is 17.4. The predicted molar refractivity (Wildman–Crippen MR) is 79.5 cm³/mol. The third-order valence-electron chi connectivity index (χ3n) is 3.69. The number of aliphatic hydroxyl groups is 1. The molecule has 1 heterocycles. The molecule has 1 rings (SSSR count). The maximum Gasteiger partial charge on any atom is 0.305 e. The Morgan fingerprint density at radius 1 is 1.45 bits per heavy atom. The molecule has 1 saturated heterocycles. The summed E-state index contributed by atoms with van der Waals surface area (Å²) in [6, 6.07) is 0.406. The van der Waals surface area contributed by atoms with Crippen LogP contribution in [0.5, 0.6) is 0 Å². The largest absolute Gasteiger partial charge is 0.469 e. The van der Waals surface area contributed by atoms with Crippen molar-refractivity contribution in [1.29, 1.82) is 0 Å². The summed E-state index contributed by atoms with van der Waals surface area (Å²) in [5.74, 6) is 0.877. The number of carbonyl (C=O) groups is 1. The lowest BCUT2D eigenvalue weighted by atomic mass is 9.91. The van der Waals surface area contributed by atoms with Gasteiger partial charge in [-0.2, -0.15) is 0 Å². The van der Waals surface area contributed by atoms with Crippen LogP contribution >= 0.6 is 0 Å². The molecule has 0 aliphatic carbocycles. The predicted octanol–water partition coefficient (Wildman–Crippen LogP) is 0.868. The monoisotopic (exact) mass is 286 g/mol. The third-order valence-corrected chi connectivity index (χ3v) is 3.69. The number of piperidine rings is 1. The standard InChI is InChI=1S/C15H30N2O3/c1-12(2)9-17-10-13(8-15(19)20-3)7-14(11-17)16-5-4-6-18/h12-14,16,18H,4-11H2,1-3H3. The number of methoxy groups -OCH3 is 1. The average molecular weight is 286 g/mol. The molecule has 0 radical (unpaired) electrons. The quantitative estimate of drug-likeness (QED) is 0.512. The van der Waals surface area contributed by atoms with Crippen LogP contribution in [0.25, 0.3) is 0 Å². The normalized spacial score (nSPS) is 24.1. The number of carbonyl (C=O) groups excluding carboxylic acids is 1. The minimum Gasteiger partial charge on any atom is -0.469 e. The molecule has 5 nitrogen and oxygen atoms in total. The van der Waals surface area contributed by atoms with E-state index in [9.17, 15) is 4.79 Å². The molecule has 2 atom stereocenters. The Balaban J connectivity index is 2.50. The lowest BCUT2D eigenvalue weighted by Gasteiger charge is -2.38. The van der Waals surface area contributed by atoms with E-state index in [0.29, 0.717) is 24.3 Å². The Labute approximate surface area is 122 Å². The summed E-state index contributed by atoms with van der Waals surface area (Å²) in [5, 5.41) is 12.4. The molecule has 0 bridgehead atoms. The Morgan fingerprint density at radius 2 is 2.20 bits per heavy atom. The van der Waals surface area contributed by atoms with Gasteiger partial charge < -0.3 is 20.1 Å². The van der Waals surface area contributed by atoms with Gasteiger partial charge in [0.2, 0.25) is 0 Å². The second-order valence-corrected chi connectivity index (χ2v) is 6.22. The molecule has 0 aromatic rings. The van der Waals surface area contributed by atoms with E-state index in [1.807, 2.05) is 0 Å². The zero-order valence-electron chi connectivity index (χ0n) is 13.1. The van der Waals surface area contributed by atoms with Gasteiger partial charge in [0.1, 0.15) is 0 Å². The highest BCUT2D eigenvalue weighted by atomic mass is 16.5. The molecule has 2 unspecified atom stereocenters. The number of likely N-dealkylation sites (tertiary alicyclic amines) is 1. The molecule has 2 N–H and O–H groups in total. The van der Waals surface area contributed by atoms with Crippen molar-refractivity contribution >= 4 is 5.97 Å². The number of ether oxygens (including phenoxy) is 1. The van der Waals surface area contributed by atoms with E-state index < -0.39 is 0 Å². The highest BCUT2D eigenvalue weighted by Crippen LogP contribution is 2.21. The topological polar surface area (TPSA) is 61.8 Å². The highest BCUT2D eigenvalue weighted by molar-refractivity contribution is 5.69. The van der Waals surface area contributed by atoms with Gasteiger partial charge in [-0.25, -0.2) is 0 Å². The number of hydrogen-bond donors (Lipinski definition) is 2. The summed E-state index contributed by atoms with van der Waals surface area (Å²) in [6.07, 6.45) is 2.29. The van der Waals surface area contributed by atoms with E-state index in [1.165, 1.54) is 7.11 Å². The van der Waals surface area contributed by atoms with Crippen molar-refractivity contribution in [2.75, 3.05) is 39.9 Å². The van der Waals surface area contributed by atoms with Gasteiger partial charge in [0.15, 0.2) is 0 Å². The van der Waals surface area contributed by atoms with E-state index >= 15 is 0 Å². The molecule has 5 heteroatoms. The molecule has 1 aliphatic heterocycles. The van der Waals surface area contributed by atoms with Crippen molar-refractivity contribution < 1.29 is 14.6 Å². The zero-order chi connectivity index (χ0) is 15.0. The van der Waals surface area contributed by atoms with Crippen molar-refractivity contribution in [3.63, 3.8) is 0 Å². The second kappa shape index (κ2) is 9.32. The molecule has 1 aliphatic rings. The van der Waals surface area contributed by atoms with Gasteiger partial charge in [0.05, 0.1) is 7.11 Å². The smallest absolute Gasteiger partial charge is 0.305 e. The van der Waals surface area contributed by atoms with Crippen LogP contribution in [0.15, 0.2) is 0 Å². The Kier molecular flexibility index (Phi) is 8.11. The van der Waals surface area contributed by atoms with Crippen molar-refractivity contribution in [3.8, 4) is 0 Å². The number of nitrogens with zero attached hydrogens (tertiary/aromatic N) is 1. The second-order valence-electron chi connectivity index (χ2n) is 6.22. The first-order valence-electron chi connectivity index (χ1n) is 7.68. The summed E-state index contributed by atoms with van der Waals surface area (Å²) in [6.45, 7) is 8.57. The van der Waals surface area contributed by atoms with Crippen molar-refractivity contribution in [2.24, 2.45) is 11.8 Å². The third kappa shape index (κ3) is 6.68. The van der Waals surface area contributed by atoms with Crippen LogP contribution in [0.3, 0.4) is 0 Å². The minimum absolute atomic E-state index is 0.115. The Bertz CT molecular complexity index is 284. The summed E-state index contributed by atoms with van der Waals surface area (Å²) < 4.78 is 4.79. The molecule has 1 fully saturated rings. The minimum atomic E-state index is -0.115. The summed E-state index contributed by atoms with van der Waals surface area (Å²) >= 11 is 0. The van der Waals surface area contributed by atoms with Gasteiger partial charge in [-0.1, -0.05) is 13.8 Å². The lowest BCUT2D eigenvalue weighted by Crippen LogP contribution is -2.50. The summed E-state index contributed by atoms with van der Waals surface area (Å²) in [5.41, 5.74) is 0. The Hall–Kier alpha value is -0.650. The molecule has 118 valence electrons. The fourth-order valence-electron chi connectivity index (χ4n) is 2.97. The van der Waals surface area contributed by atoms with Crippen LogP contribution in [0, 0.1) is 11.8 Å². The van der Waals surface area contributed by atoms with Gasteiger partial charge in [-0.05, 0) is 31.2 Å². The van der Waals surface area contributed by atoms with Crippen LogP contribution in [-0.4, -0.2) is 61.9 Å². The SMILES string of the molecule is COC(=O)CC1CC(NCCCO)CN(CC(C)C)C1. The van der Waals surface area contributed by atoms with E-state index in [4.69, 9.17) is 9.84 Å². The first-order valence-corrected chi connectivity index (χ1v) is 7.68. The van der Waals surface area contributed by atoms with E-state index in [2.05, 4.69) is 24.1 Å². The molecule has 0 aromatic heterocycles. The van der Waals surface area contributed by atoms with Crippen molar-refractivity contribution in [2.45, 2.75) is 39.2 Å². The summed E-state index contributed by atoms with van der Waals surface area (Å²) in [4.78, 5) is 13.9. The van der Waals surface area contributed by atoms with Crippen LogP contribution in [0.1, 0.15) is 33.1 Å². The van der Waals surface area contributed by atoms with Crippen LogP contribution in [0.2, 0.25) is 0 Å². The van der Waals surface area contributed by atoms with Gasteiger partial charge in [0, 0.05) is 38.7 Å². The van der Waals surface area contributed by atoms with Gasteiger partial charge in [-0.3, -0.25) is 4.79 Å². The average Bonchev–Trinajstić information content (AvgIpc) is 2.38. The molecular formula is C15H30N2O3. The molecule has 0 amide bonds. The van der Waals surface area contributed by atoms with E-state index in [1.54, 1.807) is 0 Å². The van der Waals surface area contributed by atoms with Crippen LogP contribution < -0.4 is 5.32 Å². The molecule has 0 spiro atoms. The van der Waals surface area contributed by atoms with Gasteiger partial charge in [0.25, 0.3) is 0 Å². The fourth-order valence-corrected chi connectivity index (χ4v) is 2.97. The van der Waals surface area contributed by atoms with Crippen molar-refractivity contribution in [1.82, 2.24) is 10.2 Å². The summed E-state index contributed by atoms with van der Waals surface area (Å²) in [7, 11) is 1.45. The maximum absolute atomic E-state index is 11.5. The fraction of sp³-hybridized carbons (Fsp3) is 0.933. The van der Waals surface area contributed by atoms with Crippen molar-refractivity contribution in [3.05, 3.63) is 0 Å². The molecule has 0 saturated carbocycles. The van der Waals surface area contributed by atoms with Crippen LogP contribution in [-0.2, 0) is 9.53 Å². The number of rotatable bonds is 8. The highest BCUT2D eigenvalue weighted by Gasteiger charge is 2.28. The maximum atomic E-state index is 11.5. The van der Waals surface area contributed by atoms with Gasteiger partial charge >= 0.3 is 5.97 Å². The first-order chi connectivity index (χ1) is 9.55. The number of hydrogen-bond acceptors (Lipinski definition) is 5.